The first-order valence-electron chi connectivity index (χ1n) is 9.26. The minimum absolute atomic E-state index is 0.0987. The second-order valence-corrected chi connectivity index (χ2v) is 7.73. The molecule has 2 aliphatic rings. The van der Waals surface area contributed by atoms with Crippen LogP contribution in [0.1, 0.15) is 24.8 Å². The maximum Gasteiger partial charge on any atom is 0.238 e. The van der Waals surface area contributed by atoms with E-state index in [1.165, 1.54) is 18.5 Å². The van der Waals surface area contributed by atoms with Crippen LogP contribution in [-0.4, -0.2) is 34.0 Å². The first-order valence-corrected chi connectivity index (χ1v) is 9.63. The lowest BCUT2D eigenvalue weighted by atomic mass is 9.98. The van der Waals surface area contributed by atoms with Crippen LogP contribution in [0.3, 0.4) is 0 Å². The largest absolute Gasteiger partial charge is 0.339 e. The highest BCUT2D eigenvalue weighted by atomic mass is 35.5. The number of nitriles is 1. The van der Waals surface area contributed by atoms with Crippen molar-refractivity contribution in [3.05, 3.63) is 47.1 Å². The zero-order chi connectivity index (χ0) is 19.7. The zero-order valence-corrected chi connectivity index (χ0v) is 15.8. The summed E-state index contributed by atoms with van der Waals surface area (Å²) in [4.78, 5) is 20.6. The molecule has 2 heterocycles. The molecule has 1 aliphatic heterocycles. The van der Waals surface area contributed by atoms with E-state index in [9.17, 15) is 14.4 Å². The zero-order valence-electron chi connectivity index (χ0n) is 15.0. The van der Waals surface area contributed by atoms with Gasteiger partial charge in [-0.1, -0.05) is 23.7 Å². The molecule has 1 aliphatic carbocycles. The lowest BCUT2D eigenvalue weighted by Crippen LogP contribution is -2.50. The summed E-state index contributed by atoms with van der Waals surface area (Å²) >= 11 is 5.72. The normalized spacial score (nSPS) is 24.0. The number of fused-ring (bicyclic) bond motifs is 2. The Morgan fingerprint density at radius 2 is 2.25 bits per heavy atom. The average molecular weight is 400 g/mol. The molecule has 28 heavy (non-hydrogen) atoms. The van der Waals surface area contributed by atoms with E-state index in [4.69, 9.17) is 11.6 Å². The Morgan fingerprint density at radius 3 is 2.86 bits per heavy atom. The lowest BCUT2D eigenvalue weighted by Gasteiger charge is -2.23. The number of rotatable bonds is 5. The van der Waals surface area contributed by atoms with E-state index in [2.05, 4.69) is 26.7 Å². The topological polar surface area (TPSA) is 90.7 Å². The maximum atomic E-state index is 14.6. The molecule has 1 saturated carbocycles. The molecular weight excluding hydrogens is 381 g/mol. The molecule has 1 saturated heterocycles. The molecule has 0 spiro atoms. The van der Waals surface area contributed by atoms with Gasteiger partial charge in [0, 0.05) is 18.0 Å². The molecule has 1 aromatic heterocycles. The van der Waals surface area contributed by atoms with Crippen LogP contribution in [0.25, 0.3) is 11.3 Å². The fourth-order valence-electron chi connectivity index (χ4n) is 4.09. The summed E-state index contributed by atoms with van der Waals surface area (Å²) < 4.78 is 14.6. The first kappa shape index (κ1) is 18.8. The fraction of sp³-hybridized carbons (Fsp3) is 0.400. The number of aromatic nitrogens is 2. The van der Waals surface area contributed by atoms with Crippen LogP contribution in [0.4, 0.5) is 4.39 Å². The van der Waals surface area contributed by atoms with Crippen molar-refractivity contribution < 1.29 is 9.18 Å². The highest BCUT2D eigenvalue weighted by molar-refractivity contribution is 6.29. The van der Waals surface area contributed by atoms with Gasteiger partial charge in [-0.25, -0.2) is 9.37 Å². The van der Waals surface area contributed by atoms with E-state index in [0.29, 0.717) is 28.8 Å². The van der Waals surface area contributed by atoms with Gasteiger partial charge in [0.15, 0.2) is 0 Å². The van der Waals surface area contributed by atoms with Gasteiger partial charge in [-0.15, -0.1) is 0 Å². The fourth-order valence-corrected chi connectivity index (χ4v) is 4.19. The van der Waals surface area contributed by atoms with Crippen molar-refractivity contribution in [3.63, 3.8) is 0 Å². The quantitative estimate of drug-likeness (QED) is 0.806. The van der Waals surface area contributed by atoms with E-state index in [1.54, 1.807) is 12.1 Å². The van der Waals surface area contributed by atoms with Gasteiger partial charge in [0.25, 0.3) is 0 Å². The van der Waals surface area contributed by atoms with Gasteiger partial charge in [0.2, 0.25) is 5.91 Å². The summed E-state index contributed by atoms with van der Waals surface area (Å²) in [6.45, 7) is 0. The smallest absolute Gasteiger partial charge is 0.238 e. The number of carbonyl (C=O) groups is 1. The Kier molecular flexibility index (Phi) is 5.25. The van der Waals surface area contributed by atoms with Crippen LogP contribution in [0.2, 0.25) is 5.15 Å². The molecule has 8 heteroatoms. The van der Waals surface area contributed by atoms with E-state index >= 15 is 0 Å². The molecule has 2 aromatic rings. The predicted octanol–water partition coefficient (Wildman–Crippen LogP) is 2.63. The molecule has 2 fully saturated rings. The number of halogens is 2. The molecule has 0 radical (unpaired) electrons. The SMILES string of the molecule is N#CC(Cc1ccc(-c2cnc(Cl)cn2)cc1F)NC(=O)[C@H]1NC2CCC1C2. The minimum Gasteiger partial charge on any atom is -0.339 e. The molecule has 4 rings (SSSR count). The molecule has 1 amide bonds. The lowest BCUT2D eigenvalue weighted by molar-refractivity contribution is -0.124. The van der Waals surface area contributed by atoms with Crippen molar-refractivity contribution >= 4 is 17.5 Å². The van der Waals surface area contributed by atoms with Crippen molar-refractivity contribution in [3.8, 4) is 17.3 Å². The molecule has 6 nitrogen and oxygen atoms in total. The predicted molar refractivity (Wildman–Crippen MR) is 102 cm³/mol. The molecule has 1 aromatic carbocycles. The van der Waals surface area contributed by atoms with Crippen LogP contribution in [0.15, 0.2) is 30.6 Å². The highest BCUT2D eigenvalue weighted by Gasteiger charge is 2.43. The Balaban J connectivity index is 1.42. The van der Waals surface area contributed by atoms with Gasteiger partial charge in [0.1, 0.15) is 17.0 Å². The average Bonchev–Trinajstić information content (AvgIpc) is 3.33. The third kappa shape index (κ3) is 3.84. The van der Waals surface area contributed by atoms with E-state index in [0.717, 1.165) is 19.3 Å². The number of piperidine rings is 1. The van der Waals surface area contributed by atoms with Gasteiger partial charge in [-0.3, -0.25) is 9.78 Å². The summed E-state index contributed by atoms with van der Waals surface area (Å²) in [6.07, 6.45) is 6.12. The molecule has 4 atom stereocenters. The summed E-state index contributed by atoms with van der Waals surface area (Å²) in [5.41, 5.74) is 1.43. The Labute approximate surface area is 167 Å². The second-order valence-electron chi connectivity index (χ2n) is 7.34. The van der Waals surface area contributed by atoms with Crippen LogP contribution in [0.5, 0.6) is 0 Å². The van der Waals surface area contributed by atoms with Crippen molar-refractivity contribution in [2.75, 3.05) is 0 Å². The summed E-state index contributed by atoms with van der Waals surface area (Å²) in [6, 6.07) is 6.10. The summed E-state index contributed by atoms with van der Waals surface area (Å²) in [5, 5.41) is 15.7. The molecule has 2 N–H and O–H groups in total. The van der Waals surface area contributed by atoms with Gasteiger partial charge in [0.05, 0.1) is 30.2 Å². The van der Waals surface area contributed by atoms with E-state index in [-0.39, 0.29) is 23.5 Å². The van der Waals surface area contributed by atoms with Crippen LogP contribution < -0.4 is 10.6 Å². The van der Waals surface area contributed by atoms with Gasteiger partial charge < -0.3 is 10.6 Å². The van der Waals surface area contributed by atoms with Crippen molar-refractivity contribution in [2.45, 2.75) is 43.8 Å². The molecule has 2 bridgehead atoms. The third-order valence-electron chi connectivity index (χ3n) is 5.51. The number of amides is 1. The van der Waals surface area contributed by atoms with E-state index < -0.39 is 11.9 Å². The van der Waals surface area contributed by atoms with E-state index in [1.807, 2.05) is 0 Å². The number of nitrogens with one attached hydrogen (secondary N) is 2. The number of benzene rings is 1. The maximum absolute atomic E-state index is 14.6. The highest BCUT2D eigenvalue weighted by Crippen LogP contribution is 2.35. The Morgan fingerprint density at radius 1 is 1.39 bits per heavy atom. The molecule has 144 valence electrons. The van der Waals surface area contributed by atoms with Gasteiger partial charge in [-0.05, 0) is 36.8 Å². The molecular formula is C20H19ClFN5O. The van der Waals surface area contributed by atoms with Gasteiger partial charge in [-0.2, -0.15) is 5.26 Å². The Hall–Kier alpha value is -2.56. The first-order chi connectivity index (χ1) is 13.5. The van der Waals surface area contributed by atoms with Crippen LogP contribution in [-0.2, 0) is 11.2 Å². The van der Waals surface area contributed by atoms with Crippen molar-refractivity contribution in [2.24, 2.45) is 5.92 Å². The summed E-state index contributed by atoms with van der Waals surface area (Å²) in [7, 11) is 0. The number of nitrogens with zero attached hydrogens (tertiary/aromatic N) is 3. The third-order valence-corrected chi connectivity index (χ3v) is 5.70. The second kappa shape index (κ2) is 7.82. The van der Waals surface area contributed by atoms with Crippen LogP contribution >= 0.6 is 11.6 Å². The molecule has 3 unspecified atom stereocenters. The summed E-state index contributed by atoms with van der Waals surface area (Å²) in [5.74, 6) is -0.296. The number of hydrogen-bond acceptors (Lipinski definition) is 5. The standard InChI is InChI=1S/C20H19ClFN5O/c21-18-10-24-17(9-25-18)12-2-1-11(16(22)7-12)5-15(8-23)27-20(28)19-13-3-4-14(6-13)26-19/h1-2,7,9-10,13-15,19,26H,3-6H2,(H,27,28)/t13?,14?,15?,19-/m0/s1. The number of hydrogen-bond donors (Lipinski definition) is 2. The van der Waals surface area contributed by atoms with Crippen molar-refractivity contribution in [1.82, 2.24) is 20.6 Å². The minimum atomic E-state index is -0.788. The monoisotopic (exact) mass is 399 g/mol. The number of carbonyl (C=O) groups excluding carboxylic acids is 1. The van der Waals surface area contributed by atoms with Gasteiger partial charge >= 0.3 is 0 Å². The van der Waals surface area contributed by atoms with Crippen molar-refractivity contribution in [1.29, 1.82) is 5.26 Å². The van der Waals surface area contributed by atoms with Crippen LogP contribution in [0, 0.1) is 23.1 Å². The Bertz CT molecular complexity index is 929.